The SMILES string of the molecule is Br.Clc1cc2ccccc2[nH]1. The lowest BCUT2D eigenvalue weighted by molar-refractivity contribution is 1.48. The van der Waals surface area contributed by atoms with Crippen molar-refractivity contribution in [2.75, 3.05) is 0 Å². The molecule has 1 heterocycles. The van der Waals surface area contributed by atoms with E-state index in [2.05, 4.69) is 4.98 Å². The summed E-state index contributed by atoms with van der Waals surface area (Å²) in [4.78, 5) is 3.02. The smallest absolute Gasteiger partial charge is 0.107 e. The number of nitrogens with one attached hydrogen (secondary N) is 1. The maximum Gasteiger partial charge on any atom is 0.107 e. The second-order valence-corrected chi connectivity index (χ2v) is 2.61. The van der Waals surface area contributed by atoms with Crippen molar-refractivity contribution in [1.82, 2.24) is 4.98 Å². The van der Waals surface area contributed by atoms with Gasteiger partial charge >= 0.3 is 0 Å². The average Bonchev–Trinajstić information content (AvgIpc) is 2.27. The van der Waals surface area contributed by atoms with Crippen molar-refractivity contribution in [3.63, 3.8) is 0 Å². The van der Waals surface area contributed by atoms with Gasteiger partial charge in [0.2, 0.25) is 0 Å². The second kappa shape index (κ2) is 3.28. The number of hydrogen-bond acceptors (Lipinski definition) is 0. The fourth-order valence-electron chi connectivity index (χ4n) is 1.04. The van der Waals surface area contributed by atoms with Crippen LogP contribution in [0.1, 0.15) is 0 Å². The topological polar surface area (TPSA) is 15.8 Å². The highest BCUT2D eigenvalue weighted by Crippen LogP contribution is 2.17. The molecule has 1 N–H and O–H groups in total. The summed E-state index contributed by atoms with van der Waals surface area (Å²) in [6.45, 7) is 0. The standard InChI is InChI=1S/C8H6ClN.BrH/c9-8-5-6-3-1-2-4-7(6)10-8;/h1-5,10H;1H. The normalized spacial score (nSPS) is 9.55. The van der Waals surface area contributed by atoms with Gasteiger partial charge in [-0.25, -0.2) is 0 Å². The molecule has 0 fully saturated rings. The number of benzene rings is 1. The highest BCUT2D eigenvalue weighted by Gasteiger charge is 1.93. The fraction of sp³-hybridized carbons (Fsp3) is 0. The summed E-state index contributed by atoms with van der Waals surface area (Å²) in [6, 6.07) is 9.91. The Bertz CT molecular complexity index is 323. The first-order valence-corrected chi connectivity index (χ1v) is 3.47. The van der Waals surface area contributed by atoms with Crippen LogP contribution >= 0.6 is 28.6 Å². The summed E-state index contributed by atoms with van der Waals surface area (Å²) in [6.07, 6.45) is 0. The minimum atomic E-state index is 0. The predicted octanol–water partition coefficient (Wildman–Crippen LogP) is 3.40. The minimum absolute atomic E-state index is 0. The van der Waals surface area contributed by atoms with Gasteiger partial charge in [0.15, 0.2) is 0 Å². The summed E-state index contributed by atoms with van der Waals surface area (Å²) in [7, 11) is 0. The Balaban J connectivity index is 0.000000605. The van der Waals surface area contributed by atoms with Crippen molar-refractivity contribution in [3.8, 4) is 0 Å². The van der Waals surface area contributed by atoms with Crippen molar-refractivity contribution in [3.05, 3.63) is 35.5 Å². The van der Waals surface area contributed by atoms with Crippen molar-refractivity contribution in [2.24, 2.45) is 0 Å². The van der Waals surface area contributed by atoms with Gasteiger partial charge in [-0.2, -0.15) is 0 Å². The second-order valence-electron chi connectivity index (χ2n) is 2.20. The Hall–Kier alpha value is -0.470. The molecule has 2 rings (SSSR count). The lowest BCUT2D eigenvalue weighted by Gasteiger charge is -1.83. The number of hydrogen-bond donors (Lipinski definition) is 1. The third kappa shape index (κ3) is 1.57. The van der Waals surface area contributed by atoms with Gasteiger partial charge in [0, 0.05) is 10.9 Å². The summed E-state index contributed by atoms with van der Waals surface area (Å²) < 4.78 is 0. The first-order chi connectivity index (χ1) is 4.86. The third-order valence-electron chi connectivity index (χ3n) is 1.50. The number of aromatic nitrogens is 1. The maximum absolute atomic E-state index is 5.73. The van der Waals surface area contributed by atoms with Gasteiger partial charge in [-0.05, 0) is 12.1 Å². The number of para-hydroxylation sites is 1. The molecule has 3 heteroatoms. The van der Waals surface area contributed by atoms with Crippen LogP contribution in [0.2, 0.25) is 5.15 Å². The molecule has 0 spiro atoms. The molecule has 0 aliphatic rings. The van der Waals surface area contributed by atoms with E-state index in [1.54, 1.807) is 0 Å². The summed E-state index contributed by atoms with van der Waals surface area (Å²) in [5, 5.41) is 1.86. The molecule has 0 saturated heterocycles. The highest BCUT2D eigenvalue weighted by atomic mass is 79.9. The summed E-state index contributed by atoms with van der Waals surface area (Å²) in [5.74, 6) is 0. The van der Waals surface area contributed by atoms with Crippen LogP contribution in [-0.4, -0.2) is 4.98 Å². The highest BCUT2D eigenvalue weighted by molar-refractivity contribution is 8.93. The van der Waals surface area contributed by atoms with Gasteiger partial charge in [-0.15, -0.1) is 17.0 Å². The Labute approximate surface area is 80.1 Å². The molecular formula is C8H7BrClN. The van der Waals surface area contributed by atoms with E-state index in [9.17, 15) is 0 Å². The zero-order valence-corrected chi connectivity index (χ0v) is 8.14. The van der Waals surface area contributed by atoms with E-state index in [0.717, 1.165) is 10.9 Å². The quantitative estimate of drug-likeness (QED) is 0.716. The molecule has 0 atom stereocenters. The maximum atomic E-state index is 5.73. The van der Waals surface area contributed by atoms with Crippen LogP contribution in [0, 0.1) is 0 Å². The average molecular weight is 233 g/mol. The van der Waals surface area contributed by atoms with E-state index in [-0.39, 0.29) is 17.0 Å². The monoisotopic (exact) mass is 231 g/mol. The Kier molecular flexibility index (Phi) is 2.58. The molecule has 0 amide bonds. The van der Waals surface area contributed by atoms with E-state index in [4.69, 9.17) is 11.6 Å². The number of fused-ring (bicyclic) bond motifs is 1. The van der Waals surface area contributed by atoms with Gasteiger partial charge in [-0.1, -0.05) is 29.8 Å². The molecule has 1 nitrogen and oxygen atoms in total. The van der Waals surface area contributed by atoms with Gasteiger partial charge in [0.1, 0.15) is 5.15 Å². The molecule has 0 unspecified atom stereocenters. The van der Waals surface area contributed by atoms with E-state index in [0.29, 0.717) is 5.15 Å². The van der Waals surface area contributed by atoms with Crippen molar-refractivity contribution >= 4 is 39.5 Å². The zero-order chi connectivity index (χ0) is 6.97. The van der Waals surface area contributed by atoms with Gasteiger partial charge in [-0.3, -0.25) is 0 Å². The number of halogens is 2. The Morgan fingerprint density at radius 2 is 1.91 bits per heavy atom. The van der Waals surface area contributed by atoms with Crippen molar-refractivity contribution < 1.29 is 0 Å². The van der Waals surface area contributed by atoms with Crippen LogP contribution in [0.3, 0.4) is 0 Å². The Morgan fingerprint density at radius 3 is 2.64 bits per heavy atom. The van der Waals surface area contributed by atoms with Crippen LogP contribution in [0.5, 0.6) is 0 Å². The first kappa shape index (κ1) is 8.62. The van der Waals surface area contributed by atoms with E-state index in [1.165, 1.54) is 0 Å². The summed E-state index contributed by atoms with van der Waals surface area (Å²) >= 11 is 5.73. The summed E-state index contributed by atoms with van der Waals surface area (Å²) in [5.41, 5.74) is 1.09. The predicted molar refractivity (Wildman–Crippen MR) is 53.6 cm³/mol. The van der Waals surface area contributed by atoms with E-state index < -0.39 is 0 Å². The van der Waals surface area contributed by atoms with E-state index >= 15 is 0 Å². The molecule has 0 radical (unpaired) electrons. The Morgan fingerprint density at radius 1 is 1.18 bits per heavy atom. The molecule has 0 aliphatic carbocycles. The van der Waals surface area contributed by atoms with Crippen molar-refractivity contribution in [1.29, 1.82) is 0 Å². The molecule has 0 aliphatic heterocycles. The third-order valence-corrected chi connectivity index (χ3v) is 1.70. The molecule has 0 bridgehead atoms. The largest absolute Gasteiger partial charge is 0.346 e. The van der Waals surface area contributed by atoms with Crippen LogP contribution in [-0.2, 0) is 0 Å². The van der Waals surface area contributed by atoms with Crippen LogP contribution in [0.15, 0.2) is 30.3 Å². The fourth-order valence-corrected chi connectivity index (χ4v) is 1.26. The number of aromatic amines is 1. The molecular weight excluding hydrogens is 225 g/mol. The van der Waals surface area contributed by atoms with Crippen molar-refractivity contribution in [2.45, 2.75) is 0 Å². The first-order valence-electron chi connectivity index (χ1n) is 3.09. The zero-order valence-electron chi connectivity index (χ0n) is 5.67. The van der Waals surface area contributed by atoms with Gasteiger partial charge in [0.25, 0.3) is 0 Å². The lowest BCUT2D eigenvalue weighted by Crippen LogP contribution is -1.62. The molecule has 58 valence electrons. The number of H-pyrrole nitrogens is 1. The molecule has 2 aromatic rings. The van der Waals surface area contributed by atoms with Crippen LogP contribution in [0.25, 0.3) is 10.9 Å². The molecule has 11 heavy (non-hydrogen) atoms. The van der Waals surface area contributed by atoms with Gasteiger partial charge in [0.05, 0.1) is 0 Å². The molecule has 1 aromatic heterocycles. The van der Waals surface area contributed by atoms with E-state index in [1.807, 2.05) is 30.3 Å². The van der Waals surface area contributed by atoms with Crippen LogP contribution < -0.4 is 0 Å². The number of rotatable bonds is 0. The van der Waals surface area contributed by atoms with Crippen LogP contribution in [0.4, 0.5) is 0 Å². The lowest BCUT2D eigenvalue weighted by atomic mass is 10.3. The molecule has 1 aromatic carbocycles. The molecule has 0 saturated carbocycles. The minimum Gasteiger partial charge on any atom is -0.346 e. The van der Waals surface area contributed by atoms with Gasteiger partial charge < -0.3 is 4.98 Å².